The first-order valence-corrected chi connectivity index (χ1v) is 6.32. The van der Waals surface area contributed by atoms with Crippen LogP contribution in [0.3, 0.4) is 0 Å². The van der Waals surface area contributed by atoms with Crippen LogP contribution in [0.15, 0.2) is 71.3 Å². The molecule has 0 spiro atoms. The maximum atomic E-state index is 5.96. The Hall–Kier alpha value is -2.48. The summed E-state index contributed by atoms with van der Waals surface area (Å²) in [6.07, 6.45) is 8.20. The van der Waals surface area contributed by atoms with Crippen molar-refractivity contribution < 1.29 is 4.42 Å². The summed E-state index contributed by atoms with van der Waals surface area (Å²) in [7, 11) is 0. The number of fused-ring (bicyclic) bond motifs is 3. The third-order valence-corrected chi connectivity index (χ3v) is 3.18. The summed E-state index contributed by atoms with van der Waals surface area (Å²) in [5.41, 5.74) is 8.41. The third kappa shape index (κ3) is 2.13. The normalized spacial score (nSPS) is 12.2. The summed E-state index contributed by atoms with van der Waals surface area (Å²) >= 11 is 0. The van der Waals surface area contributed by atoms with E-state index in [2.05, 4.69) is 30.3 Å². The van der Waals surface area contributed by atoms with Gasteiger partial charge in [-0.05, 0) is 30.3 Å². The number of para-hydroxylation sites is 2. The zero-order chi connectivity index (χ0) is 13.1. The van der Waals surface area contributed by atoms with Gasteiger partial charge < -0.3 is 10.2 Å². The first kappa shape index (κ1) is 11.6. The van der Waals surface area contributed by atoms with Crippen LogP contribution in [-0.4, -0.2) is 0 Å². The number of allylic oxidation sites excluding steroid dienone is 3. The molecule has 0 unspecified atom stereocenters. The molecule has 0 aliphatic heterocycles. The van der Waals surface area contributed by atoms with Gasteiger partial charge >= 0.3 is 0 Å². The smallest absolute Gasteiger partial charge is 0.138 e. The van der Waals surface area contributed by atoms with E-state index in [4.69, 9.17) is 10.2 Å². The van der Waals surface area contributed by atoms with Crippen molar-refractivity contribution in [2.45, 2.75) is 6.42 Å². The number of benzene rings is 2. The maximum Gasteiger partial charge on any atom is 0.138 e. The van der Waals surface area contributed by atoms with Gasteiger partial charge in [0.05, 0.1) is 0 Å². The molecule has 0 bridgehead atoms. The Morgan fingerprint density at radius 3 is 2.68 bits per heavy atom. The minimum absolute atomic E-state index is 0.835. The second-order valence-electron chi connectivity index (χ2n) is 4.41. The monoisotopic (exact) mass is 249 g/mol. The molecule has 0 saturated heterocycles. The van der Waals surface area contributed by atoms with Gasteiger partial charge in [0.15, 0.2) is 0 Å². The van der Waals surface area contributed by atoms with Crippen LogP contribution < -0.4 is 5.73 Å². The Morgan fingerprint density at radius 1 is 0.947 bits per heavy atom. The Balaban J connectivity index is 2.10. The molecule has 2 heteroatoms. The van der Waals surface area contributed by atoms with Crippen molar-refractivity contribution in [1.29, 1.82) is 0 Å². The molecule has 19 heavy (non-hydrogen) atoms. The number of nitrogens with two attached hydrogens (primary N) is 1. The van der Waals surface area contributed by atoms with E-state index < -0.39 is 0 Å². The second-order valence-corrected chi connectivity index (χ2v) is 4.41. The maximum absolute atomic E-state index is 5.96. The molecule has 3 aromatic rings. The largest absolute Gasteiger partial charge is 0.456 e. The minimum Gasteiger partial charge on any atom is -0.456 e. The zero-order valence-corrected chi connectivity index (χ0v) is 10.5. The molecular weight excluding hydrogens is 234 g/mol. The molecule has 2 aromatic carbocycles. The van der Waals surface area contributed by atoms with Crippen LogP contribution in [-0.2, 0) is 6.42 Å². The van der Waals surface area contributed by atoms with Crippen molar-refractivity contribution in [3.63, 3.8) is 0 Å². The van der Waals surface area contributed by atoms with Gasteiger partial charge in [-0.25, -0.2) is 0 Å². The summed E-state index contributed by atoms with van der Waals surface area (Å²) in [6.45, 7) is 0. The van der Waals surface area contributed by atoms with E-state index >= 15 is 0 Å². The lowest BCUT2D eigenvalue weighted by Gasteiger charge is -1.97. The van der Waals surface area contributed by atoms with E-state index in [1.807, 2.05) is 30.4 Å². The number of hydrogen-bond acceptors (Lipinski definition) is 2. The number of hydrogen-bond donors (Lipinski definition) is 1. The van der Waals surface area contributed by atoms with Crippen LogP contribution in [0.25, 0.3) is 21.9 Å². The van der Waals surface area contributed by atoms with Crippen molar-refractivity contribution in [3.05, 3.63) is 72.5 Å². The van der Waals surface area contributed by atoms with E-state index in [9.17, 15) is 0 Å². The van der Waals surface area contributed by atoms with Crippen molar-refractivity contribution in [1.82, 2.24) is 0 Å². The molecule has 0 amide bonds. The van der Waals surface area contributed by atoms with Gasteiger partial charge in [-0.15, -0.1) is 0 Å². The van der Waals surface area contributed by atoms with Crippen LogP contribution in [0, 0.1) is 0 Å². The highest BCUT2D eigenvalue weighted by Crippen LogP contribution is 2.30. The molecule has 0 atom stereocenters. The number of rotatable bonds is 3. The lowest BCUT2D eigenvalue weighted by atomic mass is 10.1. The SMILES string of the molecule is N/C=C\C=C/Cc1cccc2c1oc1ccccc12. The second kappa shape index (κ2) is 5.02. The first-order chi connectivity index (χ1) is 9.40. The van der Waals surface area contributed by atoms with Crippen molar-refractivity contribution in [2.24, 2.45) is 5.73 Å². The molecule has 3 rings (SSSR count). The Bertz CT molecular complexity index is 765. The molecule has 0 saturated carbocycles. The lowest BCUT2D eigenvalue weighted by Crippen LogP contribution is -1.81. The fourth-order valence-corrected chi connectivity index (χ4v) is 2.30. The molecular formula is C17H15NO. The third-order valence-electron chi connectivity index (χ3n) is 3.18. The quantitative estimate of drug-likeness (QED) is 0.708. The van der Waals surface area contributed by atoms with Crippen molar-refractivity contribution in [2.75, 3.05) is 0 Å². The molecule has 94 valence electrons. The Morgan fingerprint density at radius 2 is 1.79 bits per heavy atom. The highest BCUT2D eigenvalue weighted by molar-refractivity contribution is 6.05. The average Bonchev–Trinajstić information content (AvgIpc) is 2.83. The summed E-state index contributed by atoms with van der Waals surface area (Å²) < 4.78 is 5.96. The fraction of sp³-hybridized carbons (Fsp3) is 0.0588. The molecule has 2 nitrogen and oxygen atoms in total. The van der Waals surface area contributed by atoms with Gasteiger partial charge in [-0.1, -0.05) is 48.6 Å². The fourth-order valence-electron chi connectivity index (χ4n) is 2.30. The highest BCUT2D eigenvalue weighted by Gasteiger charge is 2.08. The molecule has 0 fully saturated rings. The van der Waals surface area contributed by atoms with Crippen LogP contribution in [0.5, 0.6) is 0 Å². The molecule has 0 radical (unpaired) electrons. The van der Waals surface area contributed by atoms with E-state index in [-0.39, 0.29) is 0 Å². The summed E-state index contributed by atoms with van der Waals surface area (Å²) in [4.78, 5) is 0. The van der Waals surface area contributed by atoms with Crippen molar-refractivity contribution >= 4 is 21.9 Å². The molecule has 2 N–H and O–H groups in total. The average molecular weight is 249 g/mol. The summed E-state index contributed by atoms with van der Waals surface area (Å²) in [6, 6.07) is 14.4. The van der Waals surface area contributed by atoms with Crippen LogP contribution in [0.1, 0.15) is 5.56 Å². The minimum atomic E-state index is 0.835. The van der Waals surface area contributed by atoms with E-state index in [1.165, 1.54) is 22.5 Å². The van der Waals surface area contributed by atoms with Gasteiger partial charge in [-0.3, -0.25) is 0 Å². The zero-order valence-electron chi connectivity index (χ0n) is 10.5. The molecule has 0 aliphatic rings. The van der Waals surface area contributed by atoms with E-state index in [0.29, 0.717) is 0 Å². The molecule has 1 aromatic heterocycles. The predicted molar refractivity (Wildman–Crippen MR) is 79.9 cm³/mol. The topological polar surface area (TPSA) is 39.2 Å². The van der Waals surface area contributed by atoms with Gasteiger partial charge in [0.2, 0.25) is 0 Å². The van der Waals surface area contributed by atoms with Gasteiger partial charge in [0.25, 0.3) is 0 Å². The Kier molecular flexibility index (Phi) is 3.07. The van der Waals surface area contributed by atoms with E-state index in [1.54, 1.807) is 0 Å². The van der Waals surface area contributed by atoms with Crippen molar-refractivity contribution in [3.8, 4) is 0 Å². The van der Waals surface area contributed by atoms with Gasteiger partial charge in [-0.2, -0.15) is 0 Å². The first-order valence-electron chi connectivity index (χ1n) is 6.32. The standard InChI is InChI=1S/C17H15NO/c18-12-5-1-2-7-13-8-6-10-15-14-9-3-4-11-16(14)19-17(13)15/h1-6,8-12H,7,18H2/b2-1-,12-5-. The van der Waals surface area contributed by atoms with Crippen LogP contribution in [0.2, 0.25) is 0 Å². The highest BCUT2D eigenvalue weighted by atomic mass is 16.3. The molecule has 0 aliphatic carbocycles. The van der Waals surface area contributed by atoms with Crippen LogP contribution >= 0.6 is 0 Å². The lowest BCUT2D eigenvalue weighted by molar-refractivity contribution is 0.664. The number of furan rings is 1. The predicted octanol–water partition coefficient (Wildman–Crippen LogP) is 4.16. The van der Waals surface area contributed by atoms with Crippen LogP contribution in [0.4, 0.5) is 0 Å². The van der Waals surface area contributed by atoms with E-state index in [0.717, 1.165) is 17.6 Å². The summed E-state index contributed by atoms with van der Waals surface area (Å²) in [5.74, 6) is 0. The van der Waals surface area contributed by atoms with Gasteiger partial charge in [0.1, 0.15) is 11.2 Å². The molecule has 1 heterocycles. The Labute approximate surface area is 111 Å². The summed E-state index contributed by atoms with van der Waals surface area (Å²) in [5, 5.41) is 2.35. The van der Waals surface area contributed by atoms with Gasteiger partial charge in [0, 0.05) is 10.8 Å².